The number of hydrogen-bond acceptors (Lipinski definition) is 1. The number of aliphatic imine (C=N–C) groups is 1. The van der Waals surface area contributed by atoms with Gasteiger partial charge >= 0.3 is 0 Å². The van der Waals surface area contributed by atoms with Gasteiger partial charge in [-0.1, -0.05) is 19.3 Å². The van der Waals surface area contributed by atoms with E-state index in [1.165, 1.54) is 32.1 Å². The fourth-order valence-electron chi connectivity index (χ4n) is 1.42. The summed E-state index contributed by atoms with van der Waals surface area (Å²) in [6.45, 7) is 0. The lowest BCUT2D eigenvalue weighted by atomic mass is 9.96. The van der Waals surface area contributed by atoms with Crippen molar-refractivity contribution in [1.29, 1.82) is 0 Å². The second kappa shape index (κ2) is 4.73. The maximum absolute atomic E-state index is 5.47. The zero-order valence-corrected chi connectivity index (χ0v) is 6.98. The minimum Gasteiger partial charge on any atom is -0.293 e. The van der Waals surface area contributed by atoms with Crippen LogP contribution >= 0.6 is 11.6 Å². The van der Waals surface area contributed by atoms with Crippen molar-refractivity contribution in [1.82, 2.24) is 0 Å². The summed E-state index contributed by atoms with van der Waals surface area (Å²) in [5.41, 5.74) is 0. The summed E-state index contributed by atoms with van der Waals surface area (Å²) < 4.78 is 0. The predicted molar refractivity (Wildman–Crippen MR) is 46.1 cm³/mol. The quantitative estimate of drug-likeness (QED) is 0.434. The highest BCUT2D eigenvalue weighted by Gasteiger charge is 2.09. The van der Waals surface area contributed by atoms with Crippen LogP contribution in [0.5, 0.6) is 0 Å². The normalized spacial score (nSPS) is 22.1. The smallest absolute Gasteiger partial charge is 0.0573 e. The van der Waals surface area contributed by atoms with E-state index in [1.807, 2.05) is 6.21 Å². The van der Waals surface area contributed by atoms with E-state index < -0.39 is 0 Å². The van der Waals surface area contributed by atoms with Crippen LogP contribution in [0, 0.1) is 0 Å². The number of rotatable bonds is 2. The molecule has 1 rings (SSSR count). The van der Waals surface area contributed by atoms with Gasteiger partial charge in [-0.15, -0.1) is 11.6 Å². The van der Waals surface area contributed by atoms with Gasteiger partial charge < -0.3 is 0 Å². The summed E-state index contributed by atoms with van der Waals surface area (Å²) in [5.74, 6) is 0.566. The molecule has 0 N–H and O–H groups in total. The number of alkyl halides is 1. The van der Waals surface area contributed by atoms with Crippen LogP contribution in [0.2, 0.25) is 0 Å². The Hall–Kier alpha value is -0.0400. The molecule has 0 heterocycles. The SMILES string of the molecule is ClCC=NC1CCCCC1. The van der Waals surface area contributed by atoms with Gasteiger partial charge in [0.1, 0.15) is 0 Å². The molecule has 0 atom stereocenters. The maximum atomic E-state index is 5.47. The Balaban J connectivity index is 2.19. The van der Waals surface area contributed by atoms with Crippen LogP contribution in [0.15, 0.2) is 4.99 Å². The molecule has 0 aromatic rings. The van der Waals surface area contributed by atoms with Gasteiger partial charge in [-0.2, -0.15) is 0 Å². The first kappa shape index (κ1) is 8.06. The van der Waals surface area contributed by atoms with Crippen molar-refractivity contribution in [3.05, 3.63) is 0 Å². The standard InChI is InChI=1S/C8H14ClN/c9-6-7-10-8-4-2-1-3-5-8/h7-8H,1-6H2. The van der Waals surface area contributed by atoms with Crippen LogP contribution in [-0.4, -0.2) is 18.1 Å². The molecule has 0 radical (unpaired) electrons. The van der Waals surface area contributed by atoms with Gasteiger partial charge in [0.15, 0.2) is 0 Å². The molecule has 0 aliphatic heterocycles. The summed E-state index contributed by atoms with van der Waals surface area (Å²) in [6, 6.07) is 0.590. The molecule has 1 aliphatic carbocycles. The van der Waals surface area contributed by atoms with Crippen LogP contribution in [0.25, 0.3) is 0 Å². The average Bonchev–Trinajstić information content (AvgIpc) is 2.03. The van der Waals surface area contributed by atoms with Gasteiger partial charge in [0, 0.05) is 12.3 Å². The lowest BCUT2D eigenvalue weighted by molar-refractivity contribution is 0.444. The van der Waals surface area contributed by atoms with E-state index in [4.69, 9.17) is 11.6 Å². The van der Waals surface area contributed by atoms with Crippen LogP contribution < -0.4 is 0 Å². The Bertz CT molecular complexity index is 106. The summed E-state index contributed by atoms with van der Waals surface area (Å²) >= 11 is 5.47. The third kappa shape index (κ3) is 2.70. The van der Waals surface area contributed by atoms with Crippen molar-refractivity contribution in [3.8, 4) is 0 Å². The molecular formula is C8H14ClN. The van der Waals surface area contributed by atoms with Gasteiger partial charge in [-0.05, 0) is 12.8 Å². The minimum atomic E-state index is 0.566. The van der Waals surface area contributed by atoms with E-state index in [2.05, 4.69) is 4.99 Å². The molecule has 2 heteroatoms. The molecule has 0 amide bonds. The van der Waals surface area contributed by atoms with Gasteiger partial charge in [0.2, 0.25) is 0 Å². The first-order valence-corrected chi connectivity index (χ1v) is 4.54. The monoisotopic (exact) mass is 159 g/mol. The molecule has 1 aliphatic rings. The Kier molecular flexibility index (Phi) is 3.81. The summed E-state index contributed by atoms with van der Waals surface area (Å²) in [5, 5.41) is 0. The lowest BCUT2D eigenvalue weighted by Crippen LogP contribution is -2.09. The van der Waals surface area contributed by atoms with E-state index >= 15 is 0 Å². The van der Waals surface area contributed by atoms with E-state index in [0.717, 1.165) is 0 Å². The molecule has 0 unspecified atom stereocenters. The zero-order chi connectivity index (χ0) is 7.23. The average molecular weight is 160 g/mol. The Morgan fingerprint density at radius 2 is 2.00 bits per heavy atom. The summed E-state index contributed by atoms with van der Waals surface area (Å²) in [4.78, 5) is 4.34. The van der Waals surface area contributed by atoms with Crippen LogP contribution in [-0.2, 0) is 0 Å². The molecule has 10 heavy (non-hydrogen) atoms. The minimum absolute atomic E-state index is 0.566. The first-order chi connectivity index (χ1) is 4.93. The molecule has 0 aromatic carbocycles. The molecule has 0 aromatic heterocycles. The fraction of sp³-hybridized carbons (Fsp3) is 0.875. The van der Waals surface area contributed by atoms with Crippen molar-refractivity contribution in [2.45, 2.75) is 38.1 Å². The Morgan fingerprint density at radius 3 is 2.60 bits per heavy atom. The van der Waals surface area contributed by atoms with E-state index in [0.29, 0.717) is 11.9 Å². The van der Waals surface area contributed by atoms with Gasteiger partial charge in [0.25, 0.3) is 0 Å². The molecule has 1 nitrogen and oxygen atoms in total. The second-order valence-electron chi connectivity index (χ2n) is 2.78. The van der Waals surface area contributed by atoms with Gasteiger partial charge in [-0.25, -0.2) is 0 Å². The molecule has 58 valence electrons. The van der Waals surface area contributed by atoms with Crippen LogP contribution in [0.3, 0.4) is 0 Å². The topological polar surface area (TPSA) is 12.4 Å². The molecule has 0 bridgehead atoms. The van der Waals surface area contributed by atoms with E-state index in [-0.39, 0.29) is 0 Å². The Labute approximate surface area is 67.5 Å². The third-order valence-electron chi connectivity index (χ3n) is 1.96. The highest BCUT2D eigenvalue weighted by Crippen LogP contribution is 2.19. The second-order valence-corrected chi connectivity index (χ2v) is 3.09. The lowest BCUT2D eigenvalue weighted by Gasteiger charge is -2.16. The predicted octanol–water partition coefficient (Wildman–Crippen LogP) is 2.63. The number of hydrogen-bond donors (Lipinski definition) is 0. The van der Waals surface area contributed by atoms with Crippen molar-refractivity contribution >= 4 is 17.8 Å². The highest BCUT2D eigenvalue weighted by molar-refractivity contribution is 6.24. The maximum Gasteiger partial charge on any atom is 0.0573 e. The summed E-state index contributed by atoms with van der Waals surface area (Å²) in [7, 11) is 0. The van der Waals surface area contributed by atoms with Crippen molar-refractivity contribution in [3.63, 3.8) is 0 Å². The van der Waals surface area contributed by atoms with Crippen molar-refractivity contribution in [2.75, 3.05) is 5.88 Å². The zero-order valence-electron chi connectivity index (χ0n) is 6.22. The summed E-state index contributed by atoms with van der Waals surface area (Å²) in [6.07, 6.45) is 8.47. The van der Waals surface area contributed by atoms with Gasteiger partial charge in [-0.3, -0.25) is 4.99 Å². The molecule has 0 spiro atoms. The fourth-order valence-corrected chi connectivity index (χ4v) is 1.50. The van der Waals surface area contributed by atoms with E-state index in [9.17, 15) is 0 Å². The molecular weight excluding hydrogens is 146 g/mol. The largest absolute Gasteiger partial charge is 0.293 e. The van der Waals surface area contributed by atoms with Gasteiger partial charge in [0.05, 0.1) is 5.88 Å². The van der Waals surface area contributed by atoms with Crippen LogP contribution in [0.1, 0.15) is 32.1 Å². The van der Waals surface area contributed by atoms with Crippen LogP contribution in [0.4, 0.5) is 0 Å². The van der Waals surface area contributed by atoms with E-state index in [1.54, 1.807) is 0 Å². The molecule has 1 fully saturated rings. The number of nitrogens with zero attached hydrogens (tertiary/aromatic N) is 1. The molecule has 1 saturated carbocycles. The third-order valence-corrected chi connectivity index (χ3v) is 2.10. The molecule has 0 saturated heterocycles. The number of halogens is 1. The first-order valence-electron chi connectivity index (χ1n) is 4.01. The van der Waals surface area contributed by atoms with Crippen molar-refractivity contribution < 1.29 is 0 Å². The van der Waals surface area contributed by atoms with Crippen molar-refractivity contribution in [2.24, 2.45) is 4.99 Å². The Morgan fingerprint density at radius 1 is 1.30 bits per heavy atom. The highest BCUT2D eigenvalue weighted by atomic mass is 35.5.